The highest BCUT2D eigenvalue weighted by molar-refractivity contribution is 6.18. The molecule has 0 heteroatoms. The van der Waals surface area contributed by atoms with Crippen LogP contribution in [-0.4, -0.2) is 0 Å². The van der Waals surface area contributed by atoms with Crippen molar-refractivity contribution in [3.8, 4) is 0 Å². The van der Waals surface area contributed by atoms with Gasteiger partial charge in [0.05, 0.1) is 0 Å². The van der Waals surface area contributed by atoms with E-state index in [2.05, 4.69) is 110 Å². The molecule has 2 unspecified atom stereocenters. The van der Waals surface area contributed by atoms with Crippen LogP contribution in [0.1, 0.15) is 23.6 Å². The molecule has 0 fully saturated rings. The maximum Gasteiger partial charge on any atom is 0.0131 e. The first-order valence-electron chi connectivity index (χ1n) is 9.64. The fourth-order valence-corrected chi connectivity index (χ4v) is 4.52. The molecule has 130 valence electrons. The number of fused-ring (bicyclic) bond motifs is 1. The first kappa shape index (κ1) is 16.1. The molecule has 0 nitrogen and oxygen atoms in total. The number of hydrogen-bond acceptors (Lipinski definition) is 0. The Bertz CT molecular complexity index is 1050. The van der Waals surface area contributed by atoms with Crippen LogP contribution in [0.3, 0.4) is 0 Å². The summed E-state index contributed by atoms with van der Waals surface area (Å²) in [6.07, 6.45) is 4.74. The zero-order valence-corrected chi connectivity index (χ0v) is 15.5. The van der Waals surface area contributed by atoms with Crippen LogP contribution in [0.25, 0.3) is 16.7 Å². The minimum absolute atomic E-state index is 0.468. The summed E-state index contributed by atoms with van der Waals surface area (Å²) in [5.74, 6) is 0.970. The van der Waals surface area contributed by atoms with Crippen molar-refractivity contribution >= 4 is 16.7 Å². The molecule has 5 rings (SSSR count). The van der Waals surface area contributed by atoms with E-state index in [9.17, 15) is 0 Å². The molecule has 0 saturated carbocycles. The molecule has 0 amide bonds. The first-order valence-corrected chi connectivity index (χ1v) is 9.64. The van der Waals surface area contributed by atoms with Crippen LogP contribution in [0.15, 0.2) is 109 Å². The van der Waals surface area contributed by atoms with Crippen LogP contribution in [0.4, 0.5) is 0 Å². The highest BCUT2D eigenvalue weighted by Crippen LogP contribution is 2.54. The van der Waals surface area contributed by atoms with Crippen LogP contribution >= 0.6 is 0 Å². The van der Waals surface area contributed by atoms with E-state index in [-0.39, 0.29) is 0 Å². The predicted octanol–water partition coefficient (Wildman–Crippen LogP) is 6.89. The standard InChI is InChI=1S/C27H22/c1-19-23-17-18-24(23)26(21-13-7-3-8-14-21)27(22-15-9-4-10-16-22)25(19)20-11-5-2-6-12-20/h2-18,23-24H,1H3. The third kappa shape index (κ3) is 2.61. The van der Waals surface area contributed by atoms with Gasteiger partial charge in [0, 0.05) is 11.8 Å². The minimum atomic E-state index is 0.468. The van der Waals surface area contributed by atoms with E-state index in [0.717, 1.165) is 0 Å². The number of benzene rings is 3. The summed E-state index contributed by atoms with van der Waals surface area (Å²) in [4.78, 5) is 0. The van der Waals surface area contributed by atoms with Gasteiger partial charge in [-0.15, -0.1) is 0 Å². The lowest BCUT2D eigenvalue weighted by Crippen LogP contribution is -2.26. The highest BCUT2D eigenvalue weighted by atomic mass is 14.4. The van der Waals surface area contributed by atoms with Crippen molar-refractivity contribution in [3.05, 3.63) is 125 Å². The van der Waals surface area contributed by atoms with Crippen LogP contribution < -0.4 is 0 Å². The van der Waals surface area contributed by atoms with E-state index in [0.29, 0.717) is 11.8 Å². The Balaban J connectivity index is 1.86. The second kappa shape index (κ2) is 6.55. The number of hydrogen-bond donors (Lipinski definition) is 0. The zero-order chi connectivity index (χ0) is 18.2. The molecule has 3 aromatic rings. The van der Waals surface area contributed by atoms with E-state index < -0.39 is 0 Å². The Morgan fingerprint density at radius 1 is 0.481 bits per heavy atom. The first-order chi connectivity index (χ1) is 13.3. The van der Waals surface area contributed by atoms with Gasteiger partial charge in [0.15, 0.2) is 0 Å². The Morgan fingerprint density at radius 3 is 1.41 bits per heavy atom. The second-order valence-corrected chi connectivity index (χ2v) is 7.38. The Hall–Kier alpha value is -3.12. The second-order valence-electron chi connectivity index (χ2n) is 7.38. The van der Waals surface area contributed by atoms with Gasteiger partial charge in [-0.05, 0) is 40.3 Å². The lowest BCUT2D eigenvalue weighted by molar-refractivity contribution is 0.590. The van der Waals surface area contributed by atoms with Crippen molar-refractivity contribution in [2.45, 2.75) is 6.92 Å². The molecule has 0 N–H and O–H groups in total. The molecule has 0 aliphatic heterocycles. The Morgan fingerprint density at radius 2 is 0.926 bits per heavy atom. The fraction of sp³-hybridized carbons (Fsp3) is 0.111. The van der Waals surface area contributed by atoms with Crippen molar-refractivity contribution in [2.24, 2.45) is 11.8 Å². The van der Waals surface area contributed by atoms with E-state index in [1.165, 1.54) is 39.0 Å². The summed E-state index contributed by atoms with van der Waals surface area (Å²) in [6, 6.07) is 32.7. The van der Waals surface area contributed by atoms with E-state index in [4.69, 9.17) is 0 Å². The summed E-state index contributed by atoms with van der Waals surface area (Å²) < 4.78 is 0. The Labute approximate surface area is 161 Å². The maximum absolute atomic E-state index is 2.38. The maximum atomic E-state index is 2.38. The lowest BCUT2D eigenvalue weighted by atomic mass is 9.63. The van der Waals surface area contributed by atoms with E-state index in [1.807, 2.05) is 0 Å². The minimum Gasteiger partial charge on any atom is -0.0797 e. The summed E-state index contributed by atoms with van der Waals surface area (Å²) in [5, 5.41) is 0. The van der Waals surface area contributed by atoms with Crippen LogP contribution in [0, 0.1) is 11.8 Å². The summed E-state index contributed by atoms with van der Waals surface area (Å²) in [6.45, 7) is 2.31. The van der Waals surface area contributed by atoms with Crippen molar-refractivity contribution < 1.29 is 0 Å². The average molecular weight is 346 g/mol. The fourth-order valence-electron chi connectivity index (χ4n) is 4.52. The normalized spacial score (nSPS) is 21.1. The average Bonchev–Trinajstić information content (AvgIpc) is 2.71. The SMILES string of the molecule is CC1=C(c2ccccc2)C(c2ccccc2)=C(c2ccccc2)C2C=CC12. The molecule has 0 saturated heterocycles. The largest absolute Gasteiger partial charge is 0.0797 e. The van der Waals surface area contributed by atoms with Crippen molar-refractivity contribution in [3.63, 3.8) is 0 Å². The third-order valence-electron chi connectivity index (χ3n) is 5.87. The molecular weight excluding hydrogens is 324 g/mol. The van der Waals surface area contributed by atoms with Crippen molar-refractivity contribution in [1.29, 1.82) is 0 Å². The zero-order valence-electron chi connectivity index (χ0n) is 15.5. The molecule has 0 radical (unpaired) electrons. The van der Waals surface area contributed by atoms with Gasteiger partial charge in [-0.2, -0.15) is 0 Å². The van der Waals surface area contributed by atoms with E-state index in [1.54, 1.807) is 0 Å². The number of allylic oxidation sites excluding steroid dienone is 6. The monoisotopic (exact) mass is 346 g/mol. The summed E-state index contributed by atoms with van der Waals surface area (Å²) >= 11 is 0. The van der Waals surface area contributed by atoms with Gasteiger partial charge in [0.1, 0.15) is 0 Å². The summed E-state index contributed by atoms with van der Waals surface area (Å²) in [7, 11) is 0. The van der Waals surface area contributed by atoms with Gasteiger partial charge >= 0.3 is 0 Å². The quantitative estimate of drug-likeness (QED) is 0.453. The number of rotatable bonds is 3. The van der Waals surface area contributed by atoms with Gasteiger partial charge < -0.3 is 0 Å². The van der Waals surface area contributed by atoms with Crippen LogP contribution in [-0.2, 0) is 0 Å². The van der Waals surface area contributed by atoms with Gasteiger partial charge in [-0.25, -0.2) is 0 Å². The Kier molecular flexibility index (Phi) is 3.90. The molecule has 27 heavy (non-hydrogen) atoms. The van der Waals surface area contributed by atoms with Gasteiger partial charge in [0.25, 0.3) is 0 Å². The molecular formula is C27H22. The smallest absolute Gasteiger partial charge is 0.0131 e. The van der Waals surface area contributed by atoms with Gasteiger partial charge in [-0.3, -0.25) is 0 Å². The molecule has 0 spiro atoms. The summed E-state index contributed by atoms with van der Waals surface area (Å²) in [5.41, 5.74) is 9.65. The molecule has 0 heterocycles. The van der Waals surface area contributed by atoms with Crippen molar-refractivity contribution in [2.75, 3.05) is 0 Å². The highest BCUT2D eigenvalue weighted by Gasteiger charge is 2.38. The van der Waals surface area contributed by atoms with E-state index >= 15 is 0 Å². The van der Waals surface area contributed by atoms with Gasteiger partial charge in [-0.1, -0.05) is 109 Å². The lowest BCUT2D eigenvalue weighted by Gasteiger charge is -2.41. The molecule has 0 aromatic heterocycles. The molecule has 3 aromatic carbocycles. The molecule has 2 aliphatic rings. The topological polar surface area (TPSA) is 0 Å². The van der Waals surface area contributed by atoms with Crippen LogP contribution in [0.2, 0.25) is 0 Å². The van der Waals surface area contributed by atoms with Gasteiger partial charge in [0.2, 0.25) is 0 Å². The van der Waals surface area contributed by atoms with Crippen molar-refractivity contribution in [1.82, 2.24) is 0 Å². The third-order valence-corrected chi connectivity index (χ3v) is 5.87. The predicted molar refractivity (Wildman–Crippen MR) is 115 cm³/mol. The molecule has 2 atom stereocenters. The molecule has 0 bridgehead atoms. The van der Waals surface area contributed by atoms with Crippen LogP contribution in [0.5, 0.6) is 0 Å². The molecule has 2 aliphatic carbocycles.